The van der Waals surface area contributed by atoms with Gasteiger partial charge in [0, 0.05) is 11.5 Å². The molecule has 1 aliphatic heterocycles. The lowest BCUT2D eigenvalue weighted by Crippen LogP contribution is -2.52. The van der Waals surface area contributed by atoms with Crippen LogP contribution in [0.2, 0.25) is 0 Å². The zero-order valence-corrected chi connectivity index (χ0v) is 20.1. The minimum Gasteiger partial charge on any atom is -0.465 e. The molecule has 2 fully saturated rings. The minimum absolute atomic E-state index is 0.0464. The molecular weight excluding hydrogens is 450 g/mol. The number of ether oxygens (including phenoxy) is 1. The van der Waals surface area contributed by atoms with Crippen LogP contribution in [0.25, 0.3) is 0 Å². The number of piperidine rings is 1. The van der Waals surface area contributed by atoms with Crippen LogP contribution in [0.5, 0.6) is 0 Å². The third-order valence-electron chi connectivity index (χ3n) is 5.65. The molecule has 1 aliphatic carbocycles. The zero-order chi connectivity index (χ0) is 21.2. The molecule has 158 valence electrons. The first-order valence-corrected chi connectivity index (χ1v) is 12.2. The van der Waals surface area contributed by atoms with Crippen molar-refractivity contribution in [1.29, 1.82) is 0 Å². The van der Waals surface area contributed by atoms with Crippen molar-refractivity contribution < 1.29 is 14.3 Å². The molecule has 6 heteroatoms. The molecule has 1 saturated carbocycles. The highest BCUT2D eigenvalue weighted by atomic mass is 79.9. The first-order chi connectivity index (χ1) is 13.7. The van der Waals surface area contributed by atoms with Gasteiger partial charge in [-0.2, -0.15) is 0 Å². The molecule has 0 radical (unpaired) electrons. The molecule has 2 aliphatic rings. The fourth-order valence-electron chi connectivity index (χ4n) is 4.26. The van der Waals surface area contributed by atoms with Gasteiger partial charge in [0.25, 0.3) is 0 Å². The van der Waals surface area contributed by atoms with E-state index in [2.05, 4.69) is 48.5 Å². The lowest BCUT2D eigenvalue weighted by atomic mass is 9.79. The molecule has 0 bridgehead atoms. The molecule has 1 saturated heterocycles. The predicted molar refractivity (Wildman–Crippen MR) is 122 cm³/mol. The van der Waals surface area contributed by atoms with Crippen molar-refractivity contribution in [2.45, 2.75) is 76.6 Å². The monoisotopic (exact) mass is 479 g/mol. The SMILES string of the molecule is COC(=O)c1sc(C#CC(C)(C)C)cc1N1C(=O)C(Br)CCC1C1CCCCC1. The molecule has 4 nitrogen and oxygen atoms in total. The number of anilines is 1. The number of halogens is 1. The van der Waals surface area contributed by atoms with Crippen LogP contribution in [0.15, 0.2) is 6.07 Å². The first-order valence-electron chi connectivity index (χ1n) is 10.4. The molecular formula is C23H30BrNO3S. The molecule has 2 atom stereocenters. The summed E-state index contributed by atoms with van der Waals surface area (Å²) in [5, 5.41) is 0. The van der Waals surface area contributed by atoms with Crippen LogP contribution < -0.4 is 4.90 Å². The standard InChI is InChI=1S/C23H30BrNO3S/c1-23(2,3)13-12-16-14-19(20(29-16)22(27)28-4)25-18(11-10-17(24)21(25)26)15-8-6-5-7-9-15/h14-15,17-18H,5-11H2,1-4H3. The first kappa shape index (κ1) is 22.4. The fraction of sp³-hybridized carbons (Fsp3) is 0.652. The summed E-state index contributed by atoms with van der Waals surface area (Å²) in [5.74, 6) is 6.56. The highest BCUT2D eigenvalue weighted by molar-refractivity contribution is 9.10. The predicted octanol–water partition coefficient (Wildman–Crippen LogP) is 5.77. The molecule has 3 rings (SSSR count). The Morgan fingerprint density at radius 3 is 2.52 bits per heavy atom. The Labute approximate surface area is 186 Å². The Bertz CT molecular complexity index is 823. The van der Waals surface area contributed by atoms with E-state index in [1.165, 1.54) is 37.7 Å². The van der Waals surface area contributed by atoms with E-state index < -0.39 is 5.97 Å². The van der Waals surface area contributed by atoms with Gasteiger partial charge in [0.05, 0.1) is 22.5 Å². The van der Waals surface area contributed by atoms with E-state index in [0.717, 1.165) is 30.6 Å². The van der Waals surface area contributed by atoms with Crippen molar-refractivity contribution in [3.05, 3.63) is 15.8 Å². The van der Waals surface area contributed by atoms with Crippen molar-refractivity contribution in [3.8, 4) is 11.8 Å². The number of nitrogens with zero attached hydrogens (tertiary/aromatic N) is 1. The molecule has 0 N–H and O–H groups in total. The number of methoxy groups -OCH3 is 1. The van der Waals surface area contributed by atoms with Gasteiger partial charge in [-0.25, -0.2) is 4.79 Å². The molecule has 29 heavy (non-hydrogen) atoms. The number of rotatable bonds is 3. The van der Waals surface area contributed by atoms with E-state index in [-0.39, 0.29) is 22.2 Å². The van der Waals surface area contributed by atoms with Gasteiger partial charge in [0.2, 0.25) is 5.91 Å². The van der Waals surface area contributed by atoms with Crippen molar-refractivity contribution >= 4 is 44.8 Å². The van der Waals surface area contributed by atoms with Gasteiger partial charge in [-0.3, -0.25) is 4.79 Å². The van der Waals surface area contributed by atoms with E-state index in [0.29, 0.717) is 16.5 Å². The van der Waals surface area contributed by atoms with E-state index in [4.69, 9.17) is 4.74 Å². The van der Waals surface area contributed by atoms with Crippen LogP contribution in [0.4, 0.5) is 5.69 Å². The van der Waals surface area contributed by atoms with Gasteiger partial charge in [-0.05, 0) is 58.4 Å². The number of amides is 1. The van der Waals surface area contributed by atoms with E-state index in [1.54, 1.807) is 0 Å². The van der Waals surface area contributed by atoms with Crippen molar-refractivity contribution in [3.63, 3.8) is 0 Å². The molecule has 0 spiro atoms. The highest BCUT2D eigenvalue weighted by Gasteiger charge is 2.41. The summed E-state index contributed by atoms with van der Waals surface area (Å²) in [7, 11) is 1.39. The number of carbonyl (C=O) groups is 2. The summed E-state index contributed by atoms with van der Waals surface area (Å²) in [6.45, 7) is 6.16. The third-order valence-corrected chi connectivity index (χ3v) is 7.52. The lowest BCUT2D eigenvalue weighted by molar-refractivity contribution is -0.120. The zero-order valence-electron chi connectivity index (χ0n) is 17.7. The molecule has 2 unspecified atom stereocenters. The second-order valence-corrected chi connectivity index (χ2v) is 11.2. The molecule has 1 aromatic heterocycles. The summed E-state index contributed by atoms with van der Waals surface area (Å²) in [5.41, 5.74) is 0.534. The molecule has 0 aromatic carbocycles. The van der Waals surface area contributed by atoms with E-state index >= 15 is 0 Å². The Balaban J connectivity index is 2.05. The summed E-state index contributed by atoms with van der Waals surface area (Å²) in [6, 6.07) is 2.05. The second kappa shape index (κ2) is 9.22. The highest BCUT2D eigenvalue weighted by Crippen LogP contribution is 2.41. The maximum atomic E-state index is 13.3. The Kier molecular flexibility index (Phi) is 7.11. The average Bonchev–Trinajstić information content (AvgIpc) is 3.12. The molecule has 2 heterocycles. The van der Waals surface area contributed by atoms with Crippen LogP contribution in [0, 0.1) is 23.2 Å². The van der Waals surface area contributed by atoms with Gasteiger partial charge in [-0.1, -0.05) is 47.0 Å². The lowest BCUT2D eigenvalue weighted by Gasteiger charge is -2.43. The van der Waals surface area contributed by atoms with Crippen LogP contribution in [-0.4, -0.2) is 29.9 Å². The second-order valence-electron chi connectivity index (χ2n) is 9.04. The number of thiophene rings is 1. The minimum atomic E-state index is -0.402. The van der Waals surface area contributed by atoms with Crippen molar-refractivity contribution in [1.82, 2.24) is 0 Å². The van der Waals surface area contributed by atoms with Gasteiger partial charge in [0.1, 0.15) is 4.88 Å². The molecule has 1 aromatic rings. The van der Waals surface area contributed by atoms with Crippen LogP contribution in [0.3, 0.4) is 0 Å². The van der Waals surface area contributed by atoms with E-state index in [1.807, 2.05) is 11.0 Å². The van der Waals surface area contributed by atoms with Gasteiger partial charge >= 0.3 is 5.97 Å². The fourth-order valence-corrected chi connectivity index (χ4v) is 5.66. The number of hydrogen-bond donors (Lipinski definition) is 0. The Morgan fingerprint density at radius 1 is 1.21 bits per heavy atom. The van der Waals surface area contributed by atoms with Crippen LogP contribution in [-0.2, 0) is 9.53 Å². The van der Waals surface area contributed by atoms with Crippen molar-refractivity contribution in [2.75, 3.05) is 12.0 Å². The summed E-state index contributed by atoms with van der Waals surface area (Å²) < 4.78 is 5.04. The normalized spacial score (nSPS) is 23.5. The maximum absolute atomic E-state index is 13.3. The van der Waals surface area contributed by atoms with Crippen molar-refractivity contribution in [2.24, 2.45) is 11.3 Å². The third kappa shape index (κ3) is 5.24. The number of esters is 1. The molecule has 1 amide bonds. The number of hydrogen-bond acceptors (Lipinski definition) is 4. The smallest absolute Gasteiger partial charge is 0.350 e. The van der Waals surface area contributed by atoms with Gasteiger partial charge in [0.15, 0.2) is 0 Å². The number of carbonyl (C=O) groups excluding carboxylic acids is 2. The summed E-state index contributed by atoms with van der Waals surface area (Å²) in [4.78, 5) is 28.8. The summed E-state index contributed by atoms with van der Waals surface area (Å²) in [6.07, 6.45) is 7.80. The quantitative estimate of drug-likeness (QED) is 0.314. The topological polar surface area (TPSA) is 46.6 Å². The van der Waals surface area contributed by atoms with Crippen LogP contribution >= 0.6 is 27.3 Å². The van der Waals surface area contributed by atoms with Gasteiger partial charge in [-0.15, -0.1) is 11.3 Å². The average molecular weight is 480 g/mol. The number of alkyl halides is 1. The maximum Gasteiger partial charge on any atom is 0.350 e. The largest absolute Gasteiger partial charge is 0.465 e. The van der Waals surface area contributed by atoms with Crippen LogP contribution in [0.1, 0.15) is 80.3 Å². The van der Waals surface area contributed by atoms with E-state index in [9.17, 15) is 9.59 Å². The summed E-state index contributed by atoms with van der Waals surface area (Å²) >= 11 is 4.87. The van der Waals surface area contributed by atoms with Gasteiger partial charge < -0.3 is 9.64 Å². The Hall–Kier alpha value is -1.32. The Morgan fingerprint density at radius 2 is 1.90 bits per heavy atom.